The second-order valence-corrected chi connectivity index (χ2v) is 4.66. The molecule has 0 spiro atoms. The highest BCUT2D eigenvalue weighted by molar-refractivity contribution is 5.93. The van der Waals surface area contributed by atoms with Gasteiger partial charge in [0, 0.05) is 6.20 Å². The minimum Gasteiger partial charge on any atom is -0.455 e. The van der Waals surface area contributed by atoms with Crippen LogP contribution in [-0.4, -0.2) is 16.6 Å². The molecule has 100 valence electrons. The average molecular weight is 262 g/mol. The molecular weight excluding hydrogens is 249 g/mol. The Balaban J connectivity index is 3.03. The van der Waals surface area contributed by atoms with Gasteiger partial charge in [-0.3, -0.25) is 0 Å². The van der Waals surface area contributed by atoms with Crippen LogP contribution in [0.2, 0.25) is 0 Å². The number of halogens is 3. The fraction of sp³-hybridized carbons (Fsp3) is 0.455. The quantitative estimate of drug-likeness (QED) is 0.790. The van der Waals surface area contributed by atoms with E-state index in [1.165, 1.54) is 0 Å². The van der Waals surface area contributed by atoms with Gasteiger partial charge in [-0.15, -0.1) is 0 Å². The number of rotatable bonds is 1. The zero-order valence-corrected chi connectivity index (χ0v) is 10.1. The molecule has 0 aromatic carbocycles. The molecule has 0 aliphatic rings. The summed E-state index contributed by atoms with van der Waals surface area (Å²) in [5, 5.41) is 0. The van der Waals surface area contributed by atoms with Crippen molar-refractivity contribution in [3.8, 4) is 0 Å². The van der Waals surface area contributed by atoms with Crippen molar-refractivity contribution in [2.45, 2.75) is 32.5 Å². The van der Waals surface area contributed by atoms with E-state index in [-0.39, 0.29) is 11.4 Å². The molecule has 1 aromatic rings. The topological polar surface area (TPSA) is 65.2 Å². The van der Waals surface area contributed by atoms with Crippen molar-refractivity contribution < 1.29 is 22.7 Å². The molecule has 0 radical (unpaired) electrons. The predicted octanol–water partition coefficient (Wildman–Crippen LogP) is 2.64. The molecule has 0 saturated heterocycles. The molecular formula is C11H13F3N2O2. The van der Waals surface area contributed by atoms with Crippen LogP contribution in [0.15, 0.2) is 12.3 Å². The van der Waals surface area contributed by atoms with Crippen molar-refractivity contribution in [2.75, 3.05) is 5.73 Å². The second kappa shape index (κ2) is 4.47. The lowest BCUT2D eigenvalue weighted by atomic mass is 10.2. The third kappa shape index (κ3) is 3.61. The Morgan fingerprint density at radius 2 is 1.89 bits per heavy atom. The van der Waals surface area contributed by atoms with Crippen molar-refractivity contribution in [3.05, 3.63) is 23.5 Å². The van der Waals surface area contributed by atoms with Gasteiger partial charge >= 0.3 is 12.1 Å². The highest BCUT2D eigenvalue weighted by Crippen LogP contribution is 2.30. The third-order valence-electron chi connectivity index (χ3n) is 1.84. The molecule has 1 rings (SSSR count). The Morgan fingerprint density at radius 3 is 2.28 bits per heavy atom. The van der Waals surface area contributed by atoms with E-state index < -0.39 is 23.3 Å². The molecule has 0 atom stereocenters. The summed E-state index contributed by atoms with van der Waals surface area (Å²) in [4.78, 5) is 15.0. The van der Waals surface area contributed by atoms with Gasteiger partial charge in [0.2, 0.25) is 0 Å². The fourth-order valence-electron chi connectivity index (χ4n) is 1.13. The standard InChI is InChI=1S/C11H13F3N2O2/c1-10(2,3)18-9(17)8-7(15)4-6(5-16-8)11(12,13)14/h4-5H,15H2,1-3H3. The Hall–Kier alpha value is -1.79. The largest absolute Gasteiger partial charge is 0.455 e. The number of carbonyl (C=O) groups is 1. The van der Waals surface area contributed by atoms with Gasteiger partial charge in [0.25, 0.3) is 0 Å². The summed E-state index contributed by atoms with van der Waals surface area (Å²) < 4.78 is 42.0. The van der Waals surface area contributed by atoms with E-state index in [0.29, 0.717) is 12.3 Å². The van der Waals surface area contributed by atoms with Crippen molar-refractivity contribution in [1.29, 1.82) is 0 Å². The maximum absolute atomic E-state index is 12.4. The van der Waals surface area contributed by atoms with Crippen molar-refractivity contribution in [3.63, 3.8) is 0 Å². The van der Waals surface area contributed by atoms with E-state index in [1.54, 1.807) is 20.8 Å². The number of anilines is 1. The first-order valence-corrected chi connectivity index (χ1v) is 5.07. The number of nitrogens with two attached hydrogens (primary N) is 1. The summed E-state index contributed by atoms with van der Waals surface area (Å²) in [6.45, 7) is 4.89. The van der Waals surface area contributed by atoms with Crippen molar-refractivity contribution in [1.82, 2.24) is 4.98 Å². The molecule has 0 bridgehead atoms. The number of nitrogen functional groups attached to an aromatic ring is 1. The van der Waals surface area contributed by atoms with Crippen LogP contribution >= 0.6 is 0 Å². The predicted molar refractivity (Wildman–Crippen MR) is 58.8 cm³/mol. The number of pyridine rings is 1. The molecule has 0 unspecified atom stereocenters. The summed E-state index contributed by atoms with van der Waals surface area (Å²) in [7, 11) is 0. The molecule has 7 heteroatoms. The number of aromatic nitrogens is 1. The fourth-order valence-corrected chi connectivity index (χ4v) is 1.13. The van der Waals surface area contributed by atoms with Crippen LogP contribution in [0.25, 0.3) is 0 Å². The van der Waals surface area contributed by atoms with E-state index >= 15 is 0 Å². The van der Waals surface area contributed by atoms with Gasteiger partial charge < -0.3 is 10.5 Å². The second-order valence-electron chi connectivity index (χ2n) is 4.66. The SMILES string of the molecule is CC(C)(C)OC(=O)c1ncc(C(F)(F)F)cc1N. The van der Waals surface area contributed by atoms with Crippen LogP contribution < -0.4 is 5.73 Å². The normalized spacial score (nSPS) is 12.3. The number of ether oxygens (including phenoxy) is 1. The van der Waals surface area contributed by atoms with Gasteiger partial charge in [-0.05, 0) is 26.8 Å². The molecule has 2 N–H and O–H groups in total. The van der Waals surface area contributed by atoms with Crippen LogP contribution in [0.5, 0.6) is 0 Å². The van der Waals surface area contributed by atoms with Crippen LogP contribution in [0, 0.1) is 0 Å². The Bertz CT molecular complexity index is 464. The molecule has 4 nitrogen and oxygen atoms in total. The number of nitrogens with zero attached hydrogens (tertiary/aromatic N) is 1. The molecule has 1 heterocycles. The first-order valence-electron chi connectivity index (χ1n) is 5.07. The van der Waals surface area contributed by atoms with Crippen LogP contribution in [0.4, 0.5) is 18.9 Å². The van der Waals surface area contributed by atoms with Gasteiger partial charge in [-0.1, -0.05) is 0 Å². The van der Waals surface area contributed by atoms with E-state index in [9.17, 15) is 18.0 Å². The summed E-state index contributed by atoms with van der Waals surface area (Å²) in [6.07, 6.45) is -4.00. The lowest BCUT2D eigenvalue weighted by Gasteiger charge is -2.19. The monoisotopic (exact) mass is 262 g/mol. The summed E-state index contributed by atoms with van der Waals surface area (Å²) in [6, 6.07) is 0.659. The minimum absolute atomic E-state index is 0.321. The van der Waals surface area contributed by atoms with E-state index in [4.69, 9.17) is 10.5 Å². The summed E-state index contributed by atoms with van der Waals surface area (Å²) in [5.41, 5.74) is 2.91. The van der Waals surface area contributed by atoms with Gasteiger partial charge in [0.15, 0.2) is 5.69 Å². The lowest BCUT2D eigenvalue weighted by Crippen LogP contribution is -2.25. The highest BCUT2D eigenvalue weighted by atomic mass is 19.4. The number of hydrogen-bond acceptors (Lipinski definition) is 4. The molecule has 18 heavy (non-hydrogen) atoms. The molecule has 0 saturated carbocycles. The van der Waals surface area contributed by atoms with Gasteiger partial charge in [-0.25, -0.2) is 9.78 Å². The Labute approximate surface area is 102 Å². The Kier molecular flexibility index (Phi) is 3.54. The maximum Gasteiger partial charge on any atom is 0.417 e. The first-order chi connectivity index (χ1) is 8.00. The Morgan fingerprint density at radius 1 is 1.33 bits per heavy atom. The summed E-state index contributed by atoms with van der Waals surface area (Å²) in [5.74, 6) is -0.853. The van der Waals surface area contributed by atoms with E-state index in [1.807, 2.05) is 0 Å². The summed E-state index contributed by atoms with van der Waals surface area (Å²) >= 11 is 0. The van der Waals surface area contributed by atoms with Crippen molar-refractivity contribution in [2.24, 2.45) is 0 Å². The number of hydrogen-bond donors (Lipinski definition) is 1. The number of esters is 1. The molecule has 1 aromatic heterocycles. The molecule has 0 fully saturated rings. The zero-order chi connectivity index (χ0) is 14.1. The minimum atomic E-state index is -4.55. The van der Waals surface area contributed by atoms with Gasteiger partial charge in [-0.2, -0.15) is 13.2 Å². The van der Waals surface area contributed by atoms with Crippen LogP contribution in [-0.2, 0) is 10.9 Å². The molecule has 0 aliphatic heterocycles. The van der Waals surface area contributed by atoms with Gasteiger partial charge in [0.1, 0.15) is 5.60 Å². The van der Waals surface area contributed by atoms with E-state index in [0.717, 1.165) is 0 Å². The maximum atomic E-state index is 12.4. The molecule has 0 aliphatic carbocycles. The van der Waals surface area contributed by atoms with E-state index in [2.05, 4.69) is 4.98 Å². The number of alkyl halides is 3. The van der Waals surface area contributed by atoms with Crippen molar-refractivity contribution >= 4 is 11.7 Å². The highest BCUT2D eigenvalue weighted by Gasteiger charge is 2.32. The van der Waals surface area contributed by atoms with Crippen LogP contribution in [0.1, 0.15) is 36.8 Å². The van der Waals surface area contributed by atoms with Crippen LogP contribution in [0.3, 0.4) is 0 Å². The van der Waals surface area contributed by atoms with Gasteiger partial charge in [0.05, 0.1) is 11.3 Å². The first kappa shape index (κ1) is 14.3. The lowest BCUT2D eigenvalue weighted by molar-refractivity contribution is -0.137. The number of carbonyl (C=O) groups excluding carboxylic acids is 1. The third-order valence-corrected chi connectivity index (χ3v) is 1.84. The zero-order valence-electron chi connectivity index (χ0n) is 10.1. The molecule has 0 amide bonds. The average Bonchev–Trinajstić information content (AvgIpc) is 2.12. The smallest absolute Gasteiger partial charge is 0.417 e.